The molecule has 1 unspecified atom stereocenters. The molecule has 0 spiro atoms. The van der Waals surface area contributed by atoms with Crippen LogP contribution in [0.2, 0.25) is 30.7 Å². The number of methoxy groups -OCH3 is 1. The average molecular weight is 652 g/mol. The molecule has 2 aliphatic rings. The Labute approximate surface area is 272 Å². The van der Waals surface area contributed by atoms with Crippen LogP contribution in [0, 0.1) is 11.8 Å². The summed E-state index contributed by atoms with van der Waals surface area (Å²) in [4.78, 5) is 30.1. The number of piperidine rings is 1. The first-order chi connectivity index (χ1) is 20.9. The number of nitrogens with one attached hydrogen (secondary N) is 1. The number of nitrogens with zero attached hydrogens (tertiary/aromatic N) is 2. The molecule has 3 amide bonds. The fraction of sp³-hybridized carbons (Fsp3) is 0.765. The van der Waals surface area contributed by atoms with Gasteiger partial charge in [-0.05, 0) is 68.2 Å². The van der Waals surface area contributed by atoms with Crippen LogP contribution in [0.15, 0.2) is 24.3 Å². The average Bonchev–Trinajstić information content (AvgIpc) is 2.99. The van der Waals surface area contributed by atoms with Crippen molar-refractivity contribution in [3.05, 3.63) is 34.9 Å². The largest absolute Gasteiger partial charge is 0.450 e. The lowest BCUT2D eigenvalue weighted by Gasteiger charge is -2.43. The summed E-state index contributed by atoms with van der Waals surface area (Å²) in [5, 5.41) is 16.1. The van der Waals surface area contributed by atoms with Gasteiger partial charge in [-0.15, -0.1) is 0 Å². The highest BCUT2D eigenvalue weighted by atomic mass is 35.5. The molecular formula is C34H58ClN3O5Si. The van der Waals surface area contributed by atoms with Crippen molar-refractivity contribution in [3.63, 3.8) is 0 Å². The number of amides is 3. The maximum Gasteiger partial charge on any atom is 0.409 e. The van der Waals surface area contributed by atoms with Crippen LogP contribution in [0.25, 0.3) is 0 Å². The molecule has 1 aromatic rings. The molecule has 0 aromatic heterocycles. The van der Waals surface area contributed by atoms with Crippen molar-refractivity contribution in [3.8, 4) is 0 Å². The third kappa shape index (κ3) is 11.8. The molecule has 250 valence electrons. The maximum absolute atomic E-state index is 13.8. The first-order valence-corrected chi connectivity index (χ1v) is 20.9. The molecule has 3 rings (SSSR count). The molecule has 10 heteroatoms. The fourth-order valence-corrected chi connectivity index (χ4v) is 7.67. The Balaban J connectivity index is 1.69. The van der Waals surface area contributed by atoms with E-state index in [1.807, 2.05) is 29.2 Å². The quantitative estimate of drug-likeness (QED) is 0.151. The van der Waals surface area contributed by atoms with Crippen LogP contribution < -0.4 is 5.32 Å². The standard InChI is InChI=1S/C34H58ClN3O5Si/c1-37(33(40)43-21-22-44(3,4)5)26-31(23-27-13-7-6-8-14-27)36-32(39)38-19-12-16-29(25-38)34(41,18-9-10-20-42-2)28-15-11-17-30(35)24-28/h11,15,17,24,27,29,31,41H,6-10,12-14,16,18-23,25-26H2,1-5H3,(H,36,39)/t29-,31?,34-/m1/s1. The molecule has 0 bridgehead atoms. The summed E-state index contributed by atoms with van der Waals surface area (Å²) in [7, 11) is 2.15. The monoisotopic (exact) mass is 651 g/mol. The highest BCUT2D eigenvalue weighted by Gasteiger charge is 2.41. The molecule has 1 saturated carbocycles. The Kier molecular flexibility index (Phi) is 14.8. The first kappa shape index (κ1) is 36.7. The van der Waals surface area contributed by atoms with Gasteiger partial charge in [0.25, 0.3) is 0 Å². The minimum Gasteiger partial charge on any atom is -0.450 e. The van der Waals surface area contributed by atoms with Crippen molar-refractivity contribution >= 4 is 31.8 Å². The third-order valence-electron chi connectivity index (χ3n) is 9.42. The van der Waals surface area contributed by atoms with Gasteiger partial charge in [-0.1, -0.05) is 75.5 Å². The predicted octanol–water partition coefficient (Wildman–Crippen LogP) is 7.51. The smallest absolute Gasteiger partial charge is 0.409 e. The second-order valence-electron chi connectivity index (χ2n) is 14.4. The molecule has 1 saturated heterocycles. The Morgan fingerprint density at radius 1 is 1.14 bits per heavy atom. The van der Waals surface area contributed by atoms with E-state index in [4.69, 9.17) is 21.1 Å². The van der Waals surface area contributed by atoms with Crippen molar-refractivity contribution < 1.29 is 24.2 Å². The lowest BCUT2D eigenvalue weighted by Crippen LogP contribution is -2.54. The predicted molar refractivity (Wildman–Crippen MR) is 181 cm³/mol. The van der Waals surface area contributed by atoms with E-state index in [9.17, 15) is 14.7 Å². The molecule has 8 nitrogen and oxygen atoms in total. The van der Waals surface area contributed by atoms with Gasteiger partial charge in [0.1, 0.15) is 0 Å². The molecule has 0 radical (unpaired) electrons. The molecule has 2 N–H and O–H groups in total. The molecule has 1 aliphatic carbocycles. The Bertz CT molecular complexity index is 1030. The zero-order valence-corrected chi connectivity index (χ0v) is 29.7. The van der Waals surface area contributed by atoms with E-state index in [2.05, 4.69) is 25.0 Å². The summed E-state index contributed by atoms with van der Waals surface area (Å²) >= 11 is 6.36. The number of carbonyl (C=O) groups is 2. The van der Waals surface area contributed by atoms with E-state index >= 15 is 0 Å². The van der Waals surface area contributed by atoms with Crippen LogP contribution >= 0.6 is 11.6 Å². The number of hydrogen-bond acceptors (Lipinski definition) is 5. The second kappa shape index (κ2) is 17.8. The Morgan fingerprint density at radius 3 is 2.57 bits per heavy atom. The summed E-state index contributed by atoms with van der Waals surface area (Å²) in [6.45, 7) is 9.40. The van der Waals surface area contributed by atoms with Crippen LogP contribution in [0.3, 0.4) is 0 Å². The number of likely N-dealkylation sites (N-methyl/N-ethyl adjacent to an activating group) is 1. The van der Waals surface area contributed by atoms with E-state index in [1.165, 1.54) is 19.3 Å². The van der Waals surface area contributed by atoms with Gasteiger partial charge < -0.3 is 29.7 Å². The van der Waals surface area contributed by atoms with Crippen molar-refractivity contribution in [1.29, 1.82) is 0 Å². The third-order valence-corrected chi connectivity index (χ3v) is 11.4. The molecule has 1 aliphatic heterocycles. The topological polar surface area (TPSA) is 91.3 Å². The van der Waals surface area contributed by atoms with Crippen molar-refractivity contribution in [1.82, 2.24) is 15.1 Å². The molecule has 3 atom stereocenters. The highest BCUT2D eigenvalue weighted by Crippen LogP contribution is 2.40. The number of ether oxygens (including phenoxy) is 2. The normalized spacial score (nSPS) is 20.1. The Morgan fingerprint density at radius 2 is 1.89 bits per heavy atom. The van der Waals surface area contributed by atoms with Crippen molar-refractivity contribution in [2.24, 2.45) is 11.8 Å². The van der Waals surface area contributed by atoms with E-state index in [0.717, 1.165) is 56.6 Å². The zero-order chi connectivity index (χ0) is 32.2. The first-order valence-electron chi connectivity index (χ1n) is 16.8. The minimum atomic E-state index is -1.31. The second-order valence-corrected chi connectivity index (χ2v) is 20.4. The number of carbonyl (C=O) groups excluding carboxylic acids is 2. The van der Waals surface area contributed by atoms with E-state index in [1.54, 1.807) is 19.1 Å². The molecule has 44 heavy (non-hydrogen) atoms. The summed E-state index contributed by atoms with van der Waals surface area (Å²) in [6, 6.07) is 8.15. The number of rotatable bonds is 15. The molecule has 1 heterocycles. The SMILES string of the molecule is COCCCC[C@@](O)(c1cccc(Cl)c1)[C@@H]1CCCN(C(=O)NC(CC2CCCCC2)CN(C)C(=O)OCC[Si](C)(C)C)C1. The van der Waals surface area contributed by atoms with Crippen LogP contribution in [0.1, 0.15) is 76.2 Å². The number of urea groups is 1. The van der Waals surface area contributed by atoms with Gasteiger partial charge in [-0.2, -0.15) is 0 Å². The lowest BCUT2D eigenvalue weighted by atomic mass is 9.74. The molecule has 1 aromatic carbocycles. The van der Waals surface area contributed by atoms with Gasteiger partial charge in [0.05, 0.1) is 12.2 Å². The van der Waals surface area contributed by atoms with Gasteiger partial charge in [-0.25, -0.2) is 9.59 Å². The van der Waals surface area contributed by atoms with E-state index in [-0.39, 0.29) is 24.1 Å². The van der Waals surface area contributed by atoms with E-state index in [0.29, 0.717) is 50.2 Å². The van der Waals surface area contributed by atoms with Gasteiger partial charge >= 0.3 is 12.1 Å². The van der Waals surface area contributed by atoms with Gasteiger partial charge in [-0.3, -0.25) is 0 Å². The molecular weight excluding hydrogens is 594 g/mol. The van der Waals surface area contributed by atoms with Crippen LogP contribution in [0.5, 0.6) is 0 Å². The van der Waals surface area contributed by atoms with Crippen molar-refractivity contribution in [2.45, 2.75) is 108 Å². The Hall–Kier alpha value is -1.81. The number of halogens is 1. The number of benzene rings is 1. The van der Waals surface area contributed by atoms with E-state index < -0.39 is 13.7 Å². The number of likely N-dealkylation sites (tertiary alicyclic amines) is 1. The van der Waals surface area contributed by atoms with Crippen LogP contribution in [-0.4, -0.2) is 88.2 Å². The lowest BCUT2D eigenvalue weighted by molar-refractivity contribution is -0.0564. The summed E-state index contributed by atoms with van der Waals surface area (Å²) in [6.07, 6.45) is 10.4. The van der Waals surface area contributed by atoms with Crippen LogP contribution in [-0.2, 0) is 15.1 Å². The number of hydrogen-bond donors (Lipinski definition) is 2. The summed E-state index contributed by atoms with van der Waals surface area (Å²) in [5.41, 5.74) is -0.294. The van der Waals surface area contributed by atoms with Gasteiger partial charge in [0.15, 0.2) is 0 Å². The summed E-state index contributed by atoms with van der Waals surface area (Å²) < 4.78 is 10.8. The van der Waals surface area contributed by atoms with Crippen LogP contribution in [0.4, 0.5) is 9.59 Å². The number of aliphatic hydroxyl groups is 1. The van der Waals surface area contributed by atoms with Crippen molar-refractivity contribution in [2.75, 3.05) is 47.0 Å². The highest BCUT2D eigenvalue weighted by molar-refractivity contribution is 6.76. The molecule has 2 fully saturated rings. The van der Waals surface area contributed by atoms with Gasteiger partial charge in [0, 0.05) is 65.5 Å². The minimum absolute atomic E-state index is 0.121. The number of unbranched alkanes of at least 4 members (excludes halogenated alkanes) is 1. The summed E-state index contributed by atoms with van der Waals surface area (Å²) in [5.74, 6) is 0.420. The zero-order valence-electron chi connectivity index (χ0n) is 27.9. The fourth-order valence-electron chi connectivity index (χ4n) is 6.76. The van der Waals surface area contributed by atoms with Gasteiger partial charge in [0.2, 0.25) is 0 Å². The maximum atomic E-state index is 13.8.